The molecule has 1 spiro atoms. The van der Waals surface area contributed by atoms with Gasteiger partial charge in [-0.1, -0.05) is 0 Å². The molecule has 0 aromatic rings. The van der Waals surface area contributed by atoms with Crippen molar-refractivity contribution < 1.29 is 33.4 Å². The van der Waals surface area contributed by atoms with Crippen molar-refractivity contribution in [2.24, 2.45) is 0 Å². The fourth-order valence-corrected chi connectivity index (χ4v) is 2.62. The molecule has 1 saturated heterocycles. The van der Waals surface area contributed by atoms with Crippen molar-refractivity contribution in [3.8, 4) is 0 Å². The molecule has 2 aliphatic rings. The molecule has 2 rings (SSSR count). The third-order valence-electron chi connectivity index (χ3n) is 3.73. The second kappa shape index (κ2) is 5.57. The molecule has 136 valence electrons. The fourth-order valence-electron chi connectivity index (χ4n) is 2.62. The molecule has 0 saturated carbocycles. The van der Waals surface area contributed by atoms with Crippen LogP contribution < -0.4 is 5.32 Å². The van der Waals surface area contributed by atoms with Crippen LogP contribution in [-0.2, 0) is 28.7 Å². The highest BCUT2D eigenvalue weighted by atomic mass is 16.6. The Hall–Kier alpha value is -2.91. The Balaban J connectivity index is 2.76. The van der Waals surface area contributed by atoms with E-state index in [-0.39, 0.29) is 5.70 Å². The number of nitrogens with zero attached hydrogens (tertiary/aromatic N) is 2. The number of nitrogens with one attached hydrogen (secondary N) is 1. The summed E-state index contributed by atoms with van der Waals surface area (Å²) in [5.74, 6) is -4.43. The largest absolute Gasteiger partial charge is 0.465 e. The predicted molar refractivity (Wildman–Crippen MR) is 81.7 cm³/mol. The van der Waals surface area contributed by atoms with Gasteiger partial charge in [-0.3, -0.25) is 19.4 Å². The van der Waals surface area contributed by atoms with Gasteiger partial charge < -0.3 is 14.8 Å². The highest BCUT2D eigenvalue weighted by molar-refractivity contribution is 6.30. The topological polar surface area (TPSA) is 122 Å². The first-order valence-electron chi connectivity index (χ1n) is 7.33. The smallest absolute Gasteiger partial charge is 0.357 e. The van der Waals surface area contributed by atoms with Crippen LogP contribution >= 0.6 is 0 Å². The van der Waals surface area contributed by atoms with Crippen molar-refractivity contribution in [1.82, 2.24) is 15.1 Å². The Labute approximate surface area is 143 Å². The zero-order valence-corrected chi connectivity index (χ0v) is 14.8. The first-order valence-corrected chi connectivity index (χ1v) is 7.33. The number of esters is 2. The standard InChI is InChI=1S/C15H19N3O7/c1-14(2,3)16-8-7(9(19)24-6)15(25-10(8)20)11(21)17(4)13(23)18(5)12(15)22/h16H,1-6H3. The highest BCUT2D eigenvalue weighted by Gasteiger charge is 2.68. The van der Waals surface area contributed by atoms with Gasteiger partial charge >= 0.3 is 23.6 Å². The molecule has 10 heteroatoms. The molecule has 0 aromatic heterocycles. The molecule has 4 amide bonds. The van der Waals surface area contributed by atoms with Gasteiger partial charge in [0.05, 0.1) is 7.11 Å². The summed E-state index contributed by atoms with van der Waals surface area (Å²) < 4.78 is 9.74. The molecule has 0 bridgehead atoms. The van der Waals surface area contributed by atoms with Crippen LogP contribution in [0.5, 0.6) is 0 Å². The molecule has 0 unspecified atom stereocenters. The number of urea groups is 1. The third-order valence-corrected chi connectivity index (χ3v) is 3.73. The second-order valence-corrected chi connectivity index (χ2v) is 6.70. The lowest BCUT2D eigenvalue weighted by atomic mass is 9.88. The number of imide groups is 2. The van der Waals surface area contributed by atoms with Crippen LogP contribution in [0.2, 0.25) is 0 Å². The van der Waals surface area contributed by atoms with E-state index < -0.39 is 46.5 Å². The fraction of sp³-hybridized carbons (Fsp3) is 0.533. The second-order valence-electron chi connectivity index (χ2n) is 6.70. The number of barbiturate groups is 1. The van der Waals surface area contributed by atoms with Crippen molar-refractivity contribution in [3.05, 3.63) is 11.3 Å². The number of methoxy groups -OCH3 is 1. The lowest BCUT2D eigenvalue weighted by molar-refractivity contribution is -0.176. The van der Waals surface area contributed by atoms with E-state index in [1.54, 1.807) is 20.8 Å². The predicted octanol–water partition coefficient (Wildman–Crippen LogP) is -0.852. The molecule has 0 radical (unpaired) electrons. The number of rotatable bonds is 2. The van der Waals surface area contributed by atoms with Crippen LogP contribution in [0.3, 0.4) is 0 Å². The summed E-state index contributed by atoms with van der Waals surface area (Å²) in [4.78, 5) is 63.3. The van der Waals surface area contributed by atoms with Gasteiger partial charge in [0.15, 0.2) is 0 Å². The Morgan fingerprint density at radius 1 is 1.08 bits per heavy atom. The molecule has 0 aromatic carbocycles. The molecular formula is C15H19N3O7. The summed E-state index contributed by atoms with van der Waals surface area (Å²) in [6.45, 7) is 5.12. The number of carbonyl (C=O) groups is 5. The monoisotopic (exact) mass is 353 g/mol. The summed E-state index contributed by atoms with van der Waals surface area (Å²) in [7, 11) is 3.28. The first kappa shape index (κ1) is 18.4. The molecule has 0 atom stereocenters. The van der Waals surface area contributed by atoms with Gasteiger partial charge in [0.1, 0.15) is 11.3 Å². The van der Waals surface area contributed by atoms with E-state index in [0.717, 1.165) is 21.2 Å². The summed E-state index contributed by atoms with van der Waals surface area (Å²) in [6.07, 6.45) is 0. The van der Waals surface area contributed by atoms with E-state index in [4.69, 9.17) is 4.74 Å². The van der Waals surface area contributed by atoms with Gasteiger partial charge in [-0.2, -0.15) is 0 Å². The van der Waals surface area contributed by atoms with Crippen molar-refractivity contribution in [2.45, 2.75) is 31.9 Å². The molecular weight excluding hydrogens is 334 g/mol. The molecule has 1 fully saturated rings. The first-order chi connectivity index (χ1) is 11.4. The van der Waals surface area contributed by atoms with Crippen molar-refractivity contribution >= 4 is 29.8 Å². The number of likely N-dealkylation sites (N-methyl/N-ethyl adjacent to an activating group) is 2. The van der Waals surface area contributed by atoms with Gasteiger partial charge in [0.2, 0.25) is 0 Å². The molecule has 0 aliphatic carbocycles. The van der Waals surface area contributed by atoms with E-state index in [1.165, 1.54) is 0 Å². The Morgan fingerprint density at radius 2 is 1.56 bits per heavy atom. The molecule has 10 nitrogen and oxygen atoms in total. The van der Waals surface area contributed by atoms with Gasteiger partial charge in [0.25, 0.3) is 11.8 Å². The van der Waals surface area contributed by atoms with Crippen LogP contribution in [0.4, 0.5) is 4.79 Å². The quantitative estimate of drug-likeness (QED) is 0.503. The van der Waals surface area contributed by atoms with Gasteiger partial charge in [-0.25, -0.2) is 14.4 Å². The molecule has 1 N–H and O–H groups in total. The zero-order chi connectivity index (χ0) is 19.3. The van der Waals surface area contributed by atoms with Gasteiger partial charge in [0, 0.05) is 19.6 Å². The number of hydrogen-bond acceptors (Lipinski definition) is 8. The van der Waals surface area contributed by atoms with E-state index in [9.17, 15) is 24.0 Å². The van der Waals surface area contributed by atoms with Crippen molar-refractivity contribution in [3.63, 3.8) is 0 Å². The summed E-state index contributed by atoms with van der Waals surface area (Å²) in [5.41, 5.74) is -4.20. The summed E-state index contributed by atoms with van der Waals surface area (Å²) in [5, 5.41) is 2.76. The SMILES string of the molecule is COC(=O)C1=C(NC(C)(C)C)C(=O)OC12C(=O)N(C)C(=O)N(C)C2=O. The number of ether oxygens (including phenoxy) is 2. The van der Waals surface area contributed by atoms with E-state index in [0.29, 0.717) is 9.80 Å². The van der Waals surface area contributed by atoms with Crippen LogP contribution in [-0.4, -0.2) is 71.9 Å². The zero-order valence-electron chi connectivity index (χ0n) is 14.8. The van der Waals surface area contributed by atoms with E-state index in [2.05, 4.69) is 10.1 Å². The average molecular weight is 353 g/mol. The Morgan fingerprint density at radius 3 is 1.96 bits per heavy atom. The normalized spacial score (nSPS) is 20.4. The minimum absolute atomic E-state index is 0.350. The van der Waals surface area contributed by atoms with Crippen LogP contribution in [0.1, 0.15) is 20.8 Å². The van der Waals surface area contributed by atoms with Crippen molar-refractivity contribution in [1.29, 1.82) is 0 Å². The molecule has 2 heterocycles. The Bertz CT molecular complexity index is 708. The number of amides is 4. The molecule has 2 aliphatic heterocycles. The van der Waals surface area contributed by atoms with Gasteiger partial charge in [-0.05, 0) is 20.8 Å². The highest BCUT2D eigenvalue weighted by Crippen LogP contribution is 2.39. The maximum atomic E-state index is 12.7. The lowest BCUT2D eigenvalue weighted by Gasteiger charge is -2.38. The average Bonchev–Trinajstić information content (AvgIpc) is 2.81. The minimum Gasteiger partial charge on any atom is -0.465 e. The summed E-state index contributed by atoms with van der Waals surface area (Å²) >= 11 is 0. The van der Waals surface area contributed by atoms with Crippen LogP contribution in [0.15, 0.2) is 11.3 Å². The maximum Gasteiger partial charge on any atom is 0.357 e. The van der Waals surface area contributed by atoms with Crippen LogP contribution in [0, 0.1) is 0 Å². The van der Waals surface area contributed by atoms with Crippen LogP contribution in [0.25, 0.3) is 0 Å². The van der Waals surface area contributed by atoms with Gasteiger partial charge in [-0.15, -0.1) is 0 Å². The Kier molecular flexibility index (Phi) is 4.11. The lowest BCUT2D eigenvalue weighted by Crippen LogP contribution is -2.68. The number of hydrogen-bond donors (Lipinski definition) is 1. The number of carbonyl (C=O) groups excluding carboxylic acids is 5. The minimum atomic E-state index is -2.59. The maximum absolute atomic E-state index is 12.7. The third kappa shape index (κ3) is 2.53. The van der Waals surface area contributed by atoms with Crippen molar-refractivity contribution in [2.75, 3.05) is 21.2 Å². The van der Waals surface area contributed by atoms with E-state index in [1.807, 2.05) is 0 Å². The van der Waals surface area contributed by atoms with E-state index >= 15 is 0 Å². The summed E-state index contributed by atoms with van der Waals surface area (Å²) in [6, 6.07) is -0.905. The molecule has 25 heavy (non-hydrogen) atoms.